The van der Waals surface area contributed by atoms with E-state index in [4.69, 9.17) is 44.9 Å². The van der Waals surface area contributed by atoms with Gasteiger partial charge >= 0.3 is 0 Å². The molecular weight excluding hydrogens is 1800 g/mol. The lowest BCUT2D eigenvalue weighted by Crippen LogP contribution is -2.38. The van der Waals surface area contributed by atoms with Crippen LogP contribution in [-0.2, 0) is 16.2 Å². The van der Waals surface area contributed by atoms with Crippen LogP contribution in [-0.4, -0.2) is 62.2 Å². The third-order valence-corrected chi connectivity index (χ3v) is 28.3. The maximum absolute atomic E-state index is 14.4. The van der Waals surface area contributed by atoms with Gasteiger partial charge < -0.3 is 0 Å². The van der Waals surface area contributed by atoms with Gasteiger partial charge in [-0.05, 0) is 119 Å². The van der Waals surface area contributed by atoms with Crippen LogP contribution in [0.15, 0.2) is 540 Å². The summed E-state index contributed by atoms with van der Waals surface area (Å²) in [6.07, 6.45) is 0. The van der Waals surface area contributed by atoms with Crippen LogP contribution in [0.4, 0.5) is 0 Å². The third-order valence-electron chi connectivity index (χ3n) is 28.3. The Hall–Kier alpha value is -19.6. The van der Waals surface area contributed by atoms with Crippen molar-refractivity contribution in [2.24, 2.45) is 0 Å². The lowest BCUT2D eigenvalue weighted by Gasteiger charge is -2.41. The number of hydrogen-bond acceptors (Lipinski definition) is 12. The fraction of sp³-hybridized carbons (Fsp3) is 0.0222. The van der Waals surface area contributed by atoms with Gasteiger partial charge in [0.1, 0.15) is 0 Å². The maximum atomic E-state index is 14.4. The Bertz CT molecular complexity index is 8560. The summed E-state index contributed by atoms with van der Waals surface area (Å²) >= 11 is 0. The van der Waals surface area contributed by atoms with Crippen molar-refractivity contribution < 1.29 is 14.4 Å². The molecule has 0 aliphatic heterocycles. The van der Waals surface area contributed by atoms with Gasteiger partial charge in [-0.25, -0.2) is 44.9 Å². The number of ketones is 3. The lowest BCUT2D eigenvalue weighted by atomic mass is 9.59. The average molecular weight is 1890 g/mol. The van der Waals surface area contributed by atoms with E-state index in [1.807, 2.05) is 309 Å². The molecule has 12 nitrogen and oxygen atoms in total. The van der Waals surface area contributed by atoms with Crippen molar-refractivity contribution in [3.63, 3.8) is 0 Å². The number of rotatable bonds is 17. The van der Waals surface area contributed by atoms with Gasteiger partial charge in [0.2, 0.25) is 0 Å². The van der Waals surface area contributed by atoms with Gasteiger partial charge in [0.05, 0.1) is 16.2 Å². The summed E-state index contributed by atoms with van der Waals surface area (Å²) in [5.74, 6) is 5.46. The van der Waals surface area contributed by atoms with Crippen molar-refractivity contribution in [2.45, 2.75) is 16.2 Å². The summed E-state index contributed by atoms with van der Waals surface area (Å²) in [5.41, 5.74) is 26.6. The second-order valence-corrected chi connectivity index (χ2v) is 36.6. The highest BCUT2D eigenvalue weighted by atomic mass is 16.1. The highest BCUT2D eigenvalue weighted by Gasteiger charge is 2.50. The molecule has 3 aromatic heterocycles. The standard InChI is InChI=1S/2C47H31N3O.C41H27N3O/c51-43-39-26-13-14-27-41(39)47(37-22-9-3-10-23-37,38-24-11-4-12-25-38)42-29-28-35(31-40(42)43)34-20-15-21-36(30-34)46-49-44(32-16-5-1-6-17-32)48-45(50-46)33-18-7-2-8-19-33;51-43-39-23-13-14-24-41(39)47(37-19-9-3-10-20-37,38-21-11-4-12-22-38)42-30-29-36(31-40(42)43)32-25-27-35(28-26-32)46-49-44(33-15-5-1-6-16-33)48-45(50-46)34-17-7-2-8-18-34;45-37-33-23-13-14-24-35(33)41(31-19-9-3-10-20-31,32-21-11-4-12-22-32)36-27-30(25-26-34(36)37)40-43-38(28-15-5-1-6-16-28)42-39(44-40)29-17-7-2-8-18-29/h2*1-31H;1-27H. The van der Waals surface area contributed by atoms with Crippen molar-refractivity contribution in [1.29, 1.82) is 0 Å². The van der Waals surface area contributed by atoms with E-state index >= 15 is 0 Å². The summed E-state index contributed by atoms with van der Waals surface area (Å²) in [6, 6.07) is 182. The summed E-state index contributed by atoms with van der Waals surface area (Å²) in [7, 11) is 0. The van der Waals surface area contributed by atoms with E-state index in [1.165, 1.54) is 0 Å². The topological polar surface area (TPSA) is 167 Å². The van der Waals surface area contributed by atoms with Crippen LogP contribution in [0.2, 0.25) is 0 Å². The van der Waals surface area contributed by atoms with E-state index in [0.717, 1.165) is 150 Å². The first-order chi connectivity index (χ1) is 72.6. The zero-order chi connectivity index (χ0) is 98.6. The first-order valence-corrected chi connectivity index (χ1v) is 49.2. The molecule has 692 valence electrons. The smallest absolute Gasteiger partial charge is 0.193 e. The van der Waals surface area contributed by atoms with Crippen molar-refractivity contribution in [3.8, 4) is 125 Å². The molecule has 26 rings (SSSR count). The van der Waals surface area contributed by atoms with Crippen molar-refractivity contribution >= 4 is 17.3 Å². The largest absolute Gasteiger partial charge is 0.289 e. The highest BCUT2D eigenvalue weighted by Crippen LogP contribution is 2.56. The molecule has 0 N–H and O–H groups in total. The Morgan fingerprint density at radius 2 is 0.293 bits per heavy atom. The molecular formula is C135H89N9O3. The predicted molar refractivity (Wildman–Crippen MR) is 585 cm³/mol. The summed E-state index contributed by atoms with van der Waals surface area (Å²) < 4.78 is 0. The van der Waals surface area contributed by atoms with Crippen LogP contribution < -0.4 is 0 Å². The number of nitrogens with zero attached hydrogens (tertiary/aromatic N) is 9. The Labute approximate surface area is 851 Å². The minimum atomic E-state index is -0.740. The Kier molecular flexibility index (Phi) is 24.0. The number of benzene rings is 20. The number of aromatic nitrogens is 9. The molecule has 3 aliphatic rings. The second-order valence-electron chi connectivity index (χ2n) is 36.6. The number of carbonyl (C=O) groups excluding carboxylic acids is 3. The van der Waals surface area contributed by atoms with Gasteiger partial charge in [-0.3, -0.25) is 14.4 Å². The average Bonchev–Trinajstić information content (AvgIpc) is 0.705. The van der Waals surface area contributed by atoms with Gasteiger partial charge in [-0.2, -0.15) is 0 Å². The second kappa shape index (κ2) is 39.1. The minimum absolute atomic E-state index is 0.0141. The first kappa shape index (κ1) is 90.0. The molecule has 0 saturated heterocycles. The minimum Gasteiger partial charge on any atom is -0.289 e. The molecule has 12 heteroatoms. The fourth-order valence-corrected chi connectivity index (χ4v) is 21.5. The number of fused-ring (bicyclic) bond motifs is 6. The van der Waals surface area contributed by atoms with E-state index in [2.05, 4.69) is 231 Å². The van der Waals surface area contributed by atoms with Gasteiger partial charge in [-0.1, -0.05) is 510 Å². The molecule has 0 saturated carbocycles. The number of carbonyl (C=O) groups is 3. The Morgan fingerprint density at radius 1 is 0.116 bits per heavy atom. The Morgan fingerprint density at radius 3 is 0.585 bits per heavy atom. The van der Waals surface area contributed by atoms with Crippen molar-refractivity contribution in [2.75, 3.05) is 0 Å². The molecule has 0 amide bonds. The van der Waals surface area contributed by atoms with Gasteiger partial charge in [0.25, 0.3) is 0 Å². The van der Waals surface area contributed by atoms with Crippen LogP contribution in [0.5, 0.6) is 0 Å². The molecule has 3 aliphatic carbocycles. The molecule has 0 radical (unpaired) electrons. The van der Waals surface area contributed by atoms with E-state index < -0.39 is 16.2 Å². The molecule has 3 heterocycles. The molecule has 0 atom stereocenters. The SMILES string of the molecule is O=C1c2ccccc2C(c2ccccc2)(c2ccccc2)c2cc(-c3nc(-c4ccccc4)nc(-c4ccccc4)n3)ccc21.O=C1c2ccccc2C(c2ccccc2)(c2ccccc2)c2ccc(-c3ccc(-c4nc(-c5ccccc5)nc(-c5ccccc5)n4)cc3)cc21.O=C1c2ccccc2C(c2ccccc2)(c2ccccc2)c2ccc(-c3cccc(-c4nc(-c5ccccc5)nc(-c5ccccc5)n4)c3)cc21. The molecule has 0 unspecified atom stereocenters. The van der Waals surface area contributed by atoms with Crippen LogP contribution in [0.25, 0.3) is 125 Å². The van der Waals surface area contributed by atoms with Gasteiger partial charge in [-0.15, -0.1) is 0 Å². The number of hydrogen-bond donors (Lipinski definition) is 0. The van der Waals surface area contributed by atoms with Crippen LogP contribution in [0.3, 0.4) is 0 Å². The summed E-state index contributed by atoms with van der Waals surface area (Å²) in [6.45, 7) is 0. The van der Waals surface area contributed by atoms with E-state index in [1.54, 1.807) is 0 Å². The van der Waals surface area contributed by atoms with E-state index in [9.17, 15) is 14.4 Å². The normalized spacial score (nSPS) is 13.0. The molecule has 23 aromatic rings. The molecule has 0 spiro atoms. The van der Waals surface area contributed by atoms with Gasteiger partial charge in [0.15, 0.2) is 69.8 Å². The van der Waals surface area contributed by atoms with Crippen LogP contribution in [0, 0.1) is 0 Å². The molecule has 0 bridgehead atoms. The third kappa shape index (κ3) is 16.5. The monoisotopic (exact) mass is 1880 g/mol. The quantitative estimate of drug-likeness (QED) is 0.0847. The molecule has 0 fully saturated rings. The highest BCUT2D eigenvalue weighted by molar-refractivity contribution is 6.17. The zero-order valence-corrected chi connectivity index (χ0v) is 79.6. The maximum Gasteiger partial charge on any atom is 0.193 e. The molecule has 20 aromatic carbocycles. The van der Waals surface area contributed by atoms with Gasteiger partial charge in [0, 0.05) is 83.5 Å². The van der Waals surface area contributed by atoms with Crippen molar-refractivity contribution in [3.05, 3.63) is 640 Å². The molecule has 147 heavy (non-hydrogen) atoms. The predicted octanol–water partition coefficient (Wildman–Crippen LogP) is 29.7. The van der Waals surface area contributed by atoms with E-state index in [-0.39, 0.29) is 17.3 Å². The summed E-state index contributed by atoms with van der Waals surface area (Å²) in [4.78, 5) is 87.2. The first-order valence-electron chi connectivity index (χ1n) is 49.2. The van der Waals surface area contributed by atoms with E-state index in [0.29, 0.717) is 74.7 Å². The Balaban J connectivity index is 0.000000118. The summed E-state index contributed by atoms with van der Waals surface area (Å²) in [5, 5.41) is 0. The fourth-order valence-electron chi connectivity index (χ4n) is 21.5. The van der Waals surface area contributed by atoms with Crippen molar-refractivity contribution in [1.82, 2.24) is 44.9 Å². The van der Waals surface area contributed by atoms with Crippen LogP contribution in [0.1, 0.15) is 115 Å². The zero-order valence-electron chi connectivity index (χ0n) is 79.6. The lowest BCUT2D eigenvalue weighted by molar-refractivity contribution is 0.102. The van der Waals surface area contributed by atoms with Crippen LogP contribution >= 0.6 is 0 Å².